The molecule has 0 spiro atoms. The molecule has 1 heterocycles. The van der Waals surface area contributed by atoms with Gasteiger partial charge in [0, 0.05) is 12.4 Å². The number of ketones is 1. The molecule has 1 aromatic rings. The van der Waals surface area contributed by atoms with Gasteiger partial charge in [-0.1, -0.05) is 0 Å². The number of hydrogen-bond donors (Lipinski definition) is 0. The van der Waals surface area contributed by atoms with Crippen LogP contribution in [0.2, 0.25) is 0 Å². The molecule has 0 unspecified atom stereocenters. The number of Topliss-reactive ketones (excluding diaryl/α,β-unsaturated/α-hetero) is 1. The molecular weight excluding hydrogens is 171 g/mol. The van der Waals surface area contributed by atoms with Crippen LogP contribution in [-0.2, 0) is 0 Å². The highest BCUT2D eigenvalue weighted by Gasteiger charge is 2.39. The number of carbonyl (C=O) groups is 1. The minimum Gasteiger partial charge on any atom is -0.284 e. The Morgan fingerprint density at radius 2 is 2.17 bits per heavy atom. The Balaban J connectivity index is 2.94. The highest BCUT2D eigenvalue weighted by molar-refractivity contribution is 5.99. The van der Waals surface area contributed by atoms with Crippen LogP contribution in [0, 0.1) is 6.07 Å². The third-order valence-corrected chi connectivity index (χ3v) is 1.11. The SMILES string of the molecule is O=C(c1[c]ccnc1)C(F)(F)F. The van der Waals surface area contributed by atoms with Crippen molar-refractivity contribution in [1.82, 2.24) is 4.98 Å². The maximum absolute atomic E-state index is 11.7. The van der Waals surface area contributed by atoms with E-state index >= 15 is 0 Å². The molecule has 2 nitrogen and oxygen atoms in total. The van der Waals surface area contributed by atoms with Crippen LogP contribution in [0.5, 0.6) is 0 Å². The zero-order valence-electron chi connectivity index (χ0n) is 5.72. The van der Waals surface area contributed by atoms with Crippen molar-refractivity contribution in [2.24, 2.45) is 0 Å². The zero-order valence-corrected chi connectivity index (χ0v) is 5.72. The smallest absolute Gasteiger partial charge is 0.284 e. The van der Waals surface area contributed by atoms with E-state index in [1.54, 1.807) is 0 Å². The maximum atomic E-state index is 11.7. The van der Waals surface area contributed by atoms with Crippen LogP contribution in [0.3, 0.4) is 0 Å². The normalized spacial score (nSPS) is 11.2. The first-order valence-corrected chi connectivity index (χ1v) is 2.95. The quantitative estimate of drug-likeness (QED) is 0.605. The molecule has 0 N–H and O–H groups in total. The molecule has 5 heteroatoms. The first-order chi connectivity index (χ1) is 5.52. The lowest BCUT2D eigenvalue weighted by atomic mass is 10.2. The largest absolute Gasteiger partial charge is 0.454 e. The molecule has 1 aromatic heterocycles. The van der Waals surface area contributed by atoms with Crippen LogP contribution in [0.1, 0.15) is 10.4 Å². The summed E-state index contributed by atoms with van der Waals surface area (Å²) in [4.78, 5) is 13.8. The summed E-state index contributed by atoms with van der Waals surface area (Å²) in [5, 5.41) is 0. The van der Waals surface area contributed by atoms with E-state index in [1.165, 1.54) is 6.20 Å². The molecule has 0 aliphatic rings. The van der Waals surface area contributed by atoms with Gasteiger partial charge in [-0.2, -0.15) is 13.2 Å². The second kappa shape index (κ2) is 2.92. The Morgan fingerprint density at radius 1 is 1.50 bits per heavy atom. The highest BCUT2D eigenvalue weighted by Crippen LogP contribution is 2.20. The number of alkyl halides is 3. The fourth-order valence-corrected chi connectivity index (χ4v) is 0.602. The predicted molar refractivity (Wildman–Crippen MR) is 33.5 cm³/mol. The van der Waals surface area contributed by atoms with Crippen molar-refractivity contribution in [3.05, 3.63) is 30.1 Å². The second-order valence-corrected chi connectivity index (χ2v) is 1.98. The van der Waals surface area contributed by atoms with Crippen molar-refractivity contribution in [3.63, 3.8) is 0 Å². The monoisotopic (exact) mass is 174 g/mol. The van der Waals surface area contributed by atoms with Crippen LogP contribution >= 0.6 is 0 Å². The van der Waals surface area contributed by atoms with Gasteiger partial charge in [0.05, 0.1) is 5.56 Å². The minimum atomic E-state index is -4.85. The minimum absolute atomic E-state index is 0.565. The van der Waals surface area contributed by atoms with E-state index in [1.807, 2.05) is 0 Å². The molecule has 0 saturated heterocycles. The number of nitrogens with zero attached hydrogens (tertiary/aromatic N) is 1. The Hall–Kier alpha value is -1.39. The Labute approximate surface area is 66.0 Å². The molecule has 12 heavy (non-hydrogen) atoms. The van der Waals surface area contributed by atoms with Crippen LogP contribution in [0.15, 0.2) is 18.5 Å². The predicted octanol–water partition coefficient (Wildman–Crippen LogP) is 1.63. The van der Waals surface area contributed by atoms with Gasteiger partial charge in [-0.05, 0) is 12.1 Å². The van der Waals surface area contributed by atoms with Crippen LogP contribution in [-0.4, -0.2) is 16.9 Å². The van der Waals surface area contributed by atoms with Gasteiger partial charge >= 0.3 is 6.18 Å². The molecule has 0 atom stereocenters. The summed E-state index contributed by atoms with van der Waals surface area (Å²) in [6.07, 6.45) is -2.78. The Bertz CT molecular complexity index is 280. The van der Waals surface area contributed by atoms with E-state index < -0.39 is 17.5 Å². The molecule has 1 rings (SSSR count). The lowest BCUT2D eigenvalue weighted by Gasteiger charge is -2.02. The topological polar surface area (TPSA) is 30.0 Å². The lowest BCUT2D eigenvalue weighted by Crippen LogP contribution is -2.22. The number of rotatable bonds is 1. The number of hydrogen-bond acceptors (Lipinski definition) is 2. The van der Waals surface area contributed by atoms with Crippen molar-refractivity contribution in [2.45, 2.75) is 6.18 Å². The average molecular weight is 174 g/mol. The highest BCUT2D eigenvalue weighted by atomic mass is 19.4. The van der Waals surface area contributed by atoms with Gasteiger partial charge < -0.3 is 0 Å². The van der Waals surface area contributed by atoms with Gasteiger partial charge in [0.1, 0.15) is 0 Å². The van der Waals surface area contributed by atoms with E-state index in [0.29, 0.717) is 0 Å². The third kappa shape index (κ3) is 1.81. The van der Waals surface area contributed by atoms with Crippen molar-refractivity contribution in [2.75, 3.05) is 0 Å². The molecule has 1 radical (unpaired) electrons. The third-order valence-electron chi connectivity index (χ3n) is 1.11. The first kappa shape index (κ1) is 8.70. The first-order valence-electron chi connectivity index (χ1n) is 2.95. The van der Waals surface area contributed by atoms with Gasteiger partial charge in [0.25, 0.3) is 5.78 Å². The van der Waals surface area contributed by atoms with Crippen molar-refractivity contribution in [3.8, 4) is 0 Å². The Kier molecular flexibility index (Phi) is 2.12. The van der Waals surface area contributed by atoms with Gasteiger partial charge in [0.2, 0.25) is 0 Å². The van der Waals surface area contributed by atoms with E-state index in [2.05, 4.69) is 11.1 Å². The second-order valence-electron chi connectivity index (χ2n) is 1.98. The molecule has 0 amide bonds. The fraction of sp³-hybridized carbons (Fsp3) is 0.143. The molecule has 0 aromatic carbocycles. The van der Waals surface area contributed by atoms with E-state index in [4.69, 9.17) is 0 Å². The molecule has 0 saturated carbocycles. The summed E-state index contributed by atoms with van der Waals surface area (Å²) in [7, 11) is 0. The van der Waals surface area contributed by atoms with Crippen LogP contribution < -0.4 is 0 Å². The van der Waals surface area contributed by atoms with E-state index in [0.717, 1.165) is 12.3 Å². The average Bonchev–Trinajstić information content (AvgIpc) is 2.03. The summed E-state index contributed by atoms with van der Waals surface area (Å²) in [5.41, 5.74) is -0.565. The molecule has 0 bridgehead atoms. The number of aromatic nitrogens is 1. The summed E-state index contributed by atoms with van der Waals surface area (Å²) >= 11 is 0. The summed E-state index contributed by atoms with van der Waals surface area (Å²) < 4.78 is 35.2. The molecular formula is C7H3F3NO. The molecule has 63 valence electrons. The molecule has 0 aliphatic heterocycles. The number of halogens is 3. The summed E-state index contributed by atoms with van der Waals surface area (Å²) in [6, 6.07) is 3.29. The molecule has 0 fully saturated rings. The molecule has 0 aliphatic carbocycles. The summed E-state index contributed by atoms with van der Waals surface area (Å²) in [6.45, 7) is 0. The van der Waals surface area contributed by atoms with Crippen LogP contribution in [0.4, 0.5) is 13.2 Å². The maximum Gasteiger partial charge on any atom is 0.454 e. The fourth-order valence-electron chi connectivity index (χ4n) is 0.602. The van der Waals surface area contributed by atoms with Gasteiger partial charge in [-0.25, -0.2) is 0 Å². The lowest BCUT2D eigenvalue weighted by molar-refractivity contribution is -0.0885. The summed E-state index contributed by atoms with van der Waals surface area (Å²) in [5.74, 6) is -1.92. The van der Waals surface area contributed by atoms with Crippen molar-refractivity contribution < 1.29 is 18.0 Å². The van der Waals surface area contributed by atoms with E-state index in [-0.39, 0.29) is 0 Å². The number of pyridine rings is 1. The van der Waals surface area contributed by atoms with E-state index in [9.17, 15) is 18.0 Å². The van der Waals surface area contributed by atoms with Crippen molar-refractivity contribution in [1.29, 1.82) is 0 Å². The van der Waals surface area contributed by atoms with Gasteiger partial charge in [0.15, 0.2) is 0 Å². The van der Waals surface area contributed by atoms with Gasteiger partial charge in [-0.3, -0.25) is 9.78 Å². The Morgan fingerprint density at radius 3 is 2.58 bits per heavy atom. The standard InChI is InChI=1S/C7H3F3NO/c8-7(9,10)6(12)5-2-1-3-11-4-5/h1,3-4H. The zero-order chi connectivity index (χ0) is 9.19. The van der Waals surface area contributed by atoms with Gasteiger partial charge in [-0.15, -0.1) is 0 Å². The van der Waals surface area contributed by atoms with Crippen LogP contribution in [0.25, 0.3) is 0 Å². The number of carbonyl (C=O) groups excluding carboxylic acids is 1. The van der Waals surface area contributed by atoms with Crippen molar-refractivity contribution >= 4 is 5.78 Å².